The minimum absolute atomic E-state index is 0.0524. The minimum atomic E-state index is -0.0921. The lowest BCUT2D eigenvalue weighted by Gasteiger charge is -2.31. The zero-order chi connectivity index (χ0) is 19.1. The van der Waals surface area contributed by atoms with Crippen molar-refractivity contribution in [1.29, 1.82) is 0 Å². The van der Waals surface area contributed by atoms with Gasteiger partial charge in [0.25, 0.3) is 5.56 Å². The van der Waals surface area contributed by atoms with Crippen LogP contribution < -0.4 is 5.56 Å². The lowest BCUT2D eigenvalue weighted by atomic mass is 9.89. The number of nitrogens with zero attached hydrogens (tertiary/aromatic N) is 4. The molecule has 3 aromatic heterocycles. The molecular weight excluding hydrogens is 374 g/mol. The van der Waals surface area contributed by atoms with Gasteiger partial charge in [-0.25, -0.2) is 9.97 Å². The minimum Gasteiger partial charge on any atom is -0.336 e. The molecule has 0 saturated carbocycles. The van der Waals surface area contributed by atoms with E-state index in [1.54, 1.807) is 23.7 Å². The zero-order valence-corrected chi connectivity index (χ0v) is 16.0. The molecule has 0 radical (unpaired) electrons. The van der Waals surface area contributed by atoms with Gasteiger partial charge in [-0.1, -0.05) is 0 Å². The Hall–Kier alpha value is -2.87. The first-order valence-corrected chi connectivity index (χ1v) is 10.2. The molecule has 1 unspecified atom stereocenters. The van der Waals surface area contributed by atoms with E-state index >= 15 is 0 Å². The van der Waals surface area contributed by atoms with E-state index in [0.29, 0.717) is 37.2 Å². The van der Waals surface area contributed by atoms with Crippen LogP contribution in [0.25, 0.3) is 10.6 Å². The molecule has 1 aliphatic carbocycles. The summed E-state index contributed by atoms with van der Waals surface area (Å²) in [4.78, 5) is 43.9. The summed E-state index contributed by atoms with van der Waals surface area (Å²) in [5.41, 5.74) is 3.45. The predicted molar refractivity (Wildman–Crippen MR) is 105 cm³/mol. The smallest absolute Gasteiger partial charge is 0.254 e. The number of hydrogen-bond acceptors (Lipinski definition) is 6. The number of amides is 1. The summed E-state index contributed by atoms with van der Waals surface area (Å²) in [5, 5.41) is 0.996. The second kappa shape index (κ2) is 6.94. The molecule has 142 valence electrons. The van der Waals surface area contributed by atoms with Gasteiger partial charge in [-0.15, -0.1) is 11.3 Å². The van der Waals surface area contributed by atoms with Gasteiger partial charge in [0.05, 0.1) is 24.3 Å². The van der Waals surface area contributed by atoms with Crippen LogP contribution in [0.5, 0.6) is 0 Å². The fourth-order valence-electron chi connectivity index (χ4n) is 4.02. The Labute approximate surface area is 165 Å². The Kier molecular flexibility index (Phi) is 4.27. The maximum atomic E-state index is 13.1. The van der Waals surface area contributed by atoms with Crippen molar-refractivity contribution in [2.45, 2.75) is 32.2 Å². The molecule has 3 aromatic rings. The van der Waals surface area contributed by atoms with Crippen molar-refractivity contribution < 1.29 is 4.79 Å². The Morgan fingerprint density at radius 3 is 2.93 bits per heavy atom. The Bertz CT molecular complexity index is 1090. The van der Waals surface area contributed by atoms with Gasteiger partial charge in [0.15, 0.2) is 0 Å². The molecule has 5 rings (SSSR count). The highest BCUT2D eigenvalue weighted by atomic mass is 32.1. The van der Waals surface area contributed by atoms with Gasteiger partial charge in [0.1, 0.15) is 5.01 Å². The average molecular weight is 393 g/mol. The highest BCUT2D eigenvalue weighted by molar-refractivity contribution is 7.15. The SMILES string of the molecule is O=C(C1CCc2sc(-c3ccncc3)nc2C1)N1CCc2c(nc[nH]c2=O)C1. The lowest BCUT2D eigenvalue weighted by molar-refractivity contribution is -0.137. The van der Waals surface area contributed by atoms with Gasteiger partial charge in [-0.05, 0) is 31.4 Å². The van der Waals surface area contributed by atoms with E-state index in [2.05, 4.69) is 15.0 Å². The van der Waals surface area contributed by atoms with Crippen LogP contribution in [0.15, 0.2) is 35.6 Å². The summed E-state index contributed by atoms with van der Waals surface area (Å²) in [7, 11) is 0. The largest absolute Gasteiger partial charge is 0.336 e. The molecular formula is C20H19N5O2S. The van der Waals surface area contributed by atoms with Crippen molar-refractivity contribution in [3.05, 3.63) is 63.0 Å². The number of pyridine rings is 1. The second-order valence-corrected chi connectivity index (χ2v) is 8.31. The van der Waals surface area contributed by atoms with Crippen LogP contribution >= 0.6 is 11.3 Å². The monoisotopic (exact) mass is 393 g/mol. The summed E-state index contributed by atoms with van der Waals surface area (Å²) < 4.78 is 0. The molecule has 1 N–H and O–H groups in total. The van der Waals surface area contributed by atoms with Gasteiger partial charge in [-0.3, -0.25) is 14.6 Å². The third-order valence-corrected chi connectivity index (χ3v) is 6.74. The Balaban J connectivity index is 1.33. The summed E-state index contributed by atoms with van der Waals surface area (Å²) in [6.45, 7) is 0.990. The number of rotatable bonds is 2. The third-order valence-electron chi connectivity index (χ3n) is 5.54. The normalized spacial score (nSPS) is 18.4. The van der Waals surface area contributed by atoms with Crippen molar-refractivity contribution in [2.24, 2.45) is 5.92 Å². The maximum absolute atomic E-state index is 13.1. The van der Waals surface area contributed by atoms with Crippen LogP contribution in [0.4, 0.5) is 0 Å². The van der Waals surface area contributed by atoms with E-state index in [1.165, 1.54) is 11.2 Å². The molecule has 0 fully saturated rings. The van der Waals surface area contributed by atoms with Crippen molar-refractivity contribution in [1.82, 2.24) is 24.8 Å². The van der Waals surface area contributed by atoms with Crippen molar-refractivity contribution in [2.75, 3.05) is 6.54 Å². The molecule has 1 atom stereocenters. The molecule has 8 heteroatoms. The van der Waals surface area contributed by atoms with E-state index in [4.69, 9.17) is 4.98 Å². The molecule has 0 saturated heterocycles. The van der Waals surface area contributed by atoms with E-state index in [-0.39, 0.29) is 17.4 Å². The van der Waals surface area contributed by atoms with Gasteiger partial charge in [-0.2, -0.15) is 0 Å². The number of carbonyl (C=O) groups excluding carboxylic acids is 1. The third kappa shape index (κ3) is 3.03. The van der Waals surface area contributed by atoms with Crippen molar-refractivity contribution in [3.8, 4) is 10.6 Å². The van der Waals surface area contributed by atoms with Crippen molar-refractivity contribution >= 4 is 17.2 Å². The second-order valence-electron chi connectivity index (χ2n) is 7.23. The zero-order valence-electron chi connectivity index (χ0n) is 15.2. The molecule has 0 aromatic carbocycles. The predicted octanol–water partition coefficient (Wildman–Crippen LogP) is 1.98. The topological polar surface area (TPSA) is 91.8 Å². The molecule has 0 spiro atoms. The molecule has 28 heavy (non-hydrogen) atoms. The summed E-state index contributed by atoms with van der Waals surface area (Å²) in [5.74, 6) is 0.0975. The standard InChI is InChI=1S/C20H19N5O2S/c26-18-14-5-8-25(10-16(14)22-11-23-18)20(27)13-1-2-17-15(9-13)24-19(28-17)12-3-6-21-7-4-12/h3-4,6-7,11,13H,1-2,5,8-10H2,(H,22,23,26). The molecule has 7 nitrogen and oxygen atoms in total. The Morgan fingerprint density at radius 2 is 2.07 bits per heavy atom. The molecule has 2 aliphatic rings. The van der Waals surface area contributed by atoms with Crippen molar-refractivity contribution in [3.63, 3.8) is 0 Å². The number of thiazole rings is 1. The summed E-state index contributed by atoms with van der Waals surface area (Å²) in [6, 6.07) is 3.93. The number of H-pyrrole nitrogens is 1. The van der Waals surface area contributed by atoms with Gasteiger partial charge in [0.2, 0.25) is 5.91 Å². The summed E-state index contributed by atoms with van der Waals surface area (Å²) >= 11 is 1.72. The molecule has 4 heterocycles. The quantitative estimate of drug-likeness (QED) is 0.719. The highest BCUT2D eigenvalue weighted by Crippen LogP contribution is 2.35. The van der Waals surface area contributed by atoms with Gasteiger partial charge in [0, 0.05) is 47.3 Å². The van der Waals surface area contributed by atoms with Crippen LogP contribution in [0.3, 0.4) is 0 Å². The first-order valence-electron chi connectivity index (χ1n) is 9.42. The molecule has 1 amide bonds. The number of carbonyl (C=O) groups is 1. The number of nitrogens with one attached hydrogen (secondary N) is 1. The van der Waals surface area contributed by atoms with E-state index in [1.807, 2.05) is 17.0 Å². The van der Waals surface area contributed by atoms with E-state index in [0.717, 1.165) is 29.1 Å². The fraction of sp³-hybridized carbons (Fsp3) is 0.350. The number of aromatic amines is 1. The van der Waals surface area contributed by atoms with E-state index < -0.39 is 0 Å². The van der Waals surface area contributed by atoms with Crippen LogP contribution in [-0.2, 0) is 30.6 Å². The lowest BCUT2D eigenvalue weighted by Crippen LogP contribution is -2.43. The Morgan fingerprint density at radius 1 is 1.21 bits per heavy atom. The van der Waals surface area contributed by atoms with Gasteiger partial charge < -0.3 is 9.88 Å². The number of aromatic nitrogens is 4. The number of hydrogen-bond donors (Lipinski definition) is 1. The first kappa shape index (κ1) is 17.2. The van der Waals surface area contributed by atoms with Gasteiger partial charge >= 0.3 is 0 Å². The highest BCUT2D eigenvalue weighted by Gasteiger charge is 2.32. The fourth-order valence-corrected chi connectivity index (χ4v) is 5.13. The number of aryl methyl sites for hydroxylation is 1. The number of fused-ring (bicyclic) bond motifs is 2. The van der Waals surface area contributed by atoms with Crippen LogP contribution in [-0.4, -0.2) is 37.3 Å². The van der Waals surface area contributed by atoms with Crippen LogP contribution in [0, 0.1) is 5.92 Å². The average Bonchev–Trinajstić information content (AvgIpc) is 3.17. The molecule has 1 aliphatic heterocycles. The molecule has 0 bridgehead atoms. The van der Waals surface area contributed by atoms with Crippen LogP contribution in [0.2, 0.25) is 0 Å². The summed E-state index contributed by atoms with van der Waals surface area (Å²) in [6.07, 6.45) is 7.93. The van der Waals surface area contributed by atoms with E-state index in [9.17, 15) is 9.59 Å². The maximum Gasteiger partial charge on any atom is 0.254 e. The first-order chi connectivity index (χ1) is 13.7. The van der Waals surface area contributed by atoms with Crippen LogP contribution in [0.1, 0.15) is 28.2 Å².